The summed E-state index contributed by atoms with van der Waals surface area (Å²) >= 11 is 0. The van der Waals surface area contributed by atoms with E-state index in [1.807, 2.05) is 0 Å². The summed E-state index contributed by atoms with van der Waals surface area (Å²) < 4.78 is 5.09. The zero-order valence-electron chi connectivity index (χ0n) is 17.8. The van der Waals surface area contributed by atoms with Crippen molar-refractivity contribution in [2.45, 2.75) is 0 Å². The Morgan fingerprint density at radius 2 is 1.21 bits per heavy atom. The first-order chi connectivity index (χ1) is 16.3. The van der Waals surface area contributed by atoms with Gasteiger partial charge in [0.1, 0.15) is 22.7 Å². The average molecular weight is 462 g/mol. The van der Waals surface area contributed by atoms with Crippen molar-refractivity contribution in [3.8, 4) is 5.75 Å². The van der Waals surface area contributed by atoms with E-state index in [0.29, 0.717) is 11.3 Å². The maximum atomic E-state index is 13.0. The first-order valence-corrected chi connectivity index (χ1v) is 9.75. The third-order valence-corrected chi connectivity index (χ3v) is 4.61. The molecular weight excluding hydrogens is 444 g/mol. The molecule has 2 N–H and O–H groups in total. The number of rotatable bonds is 8. The minimum absolute atomic E-state index is 0.114. The van der Waals surface area contributed by atoms with E-state index in [4.69, 9.17) is 4.74 Å². The van der Waals surface area contributed by atoms with Gasteiger partial charge in [-0.2, -0.15) is 0 Å². The number of amides is 2. The molecule has 34 heavy (non-hydrogen) atoms. The van der Waals surface area contributed by atoms with E-state index in [9.17, 15) is 29.8 Å². The van der Waals surface area contributed by atoms with Gasteiger partial charge in [0, 0.05) is 12.1 Å². The molecule has 3 aromatic carbocycles. The van der Waals surface area contributed by atoms with Gasteiger partial charge in [0.2, 0.25) is 0 Å². The molecule has 0 heterocycles. The molecule has 3 aromatic rings. The van der Waals surface area contributed by atoms with Crippen molar-refractivity contribution < 1.29 is 24.2 Å². The molecule has 0 saturated heterocycles. The number of para-hydroxylation sites is 4. The van der Waals surface area contributed by atoms with E-state index in [-0.39, 0.29) is 22.7 Å². The minimum Gasteiger partial charge on any atom is -0.497 e. The Bertz CT molecular complexity index is 1210. The van der Waals surface area contributed by atoms with Gasteiger partial charge in [-0.3, -0.25) is 29.8 Å². The molecule has 0 radical (unpaired) electrons. The Kier molecular flexibility index (Phi) is 7.29. The van der Waals surface area contributed by atoms with Crippen LogP contribution in [0, 0.1) is 20.2 Å². The third-order valence-electron chi connectivity index (χ3n) is 4.61. The summed E-state index contributed by atoms with van der Waals surface area (Å²) in [5.41, 5.74) is -0.932. The number of nitro groups is 2. The van der Waals surface area contributed by atoms with Crippen LogP contribution in [0.2, 0.25) is 0 Å². The highest BCUT2D eigenvalue weighted by atomic mass is 16.6. The van der Waals surface area contributed by atoms with Crippen LogP contribution in [0.4, 0.5) is 22.7 Å². The van der Waals surface area contributed by atoms with Gasteiger partial charge in [-0.1, -0.05) is 36.4 Å². The summed E-state index contributed by atoms with van der Waals surface area (Å²) in [5, 5.41) is 27.3. The van der Waals surface area contributed by atoms with Gasteiger partial charge in [-0.25, -0.2) is 0 Å². The zero-order valence-corrected chi connectivity index (χ0v) is 17.8. The lowest BCUT2D eigenvalue weighted by molar-refractivity contribution is -0.384. The monoisotopic (exact) mass is 462 g/mol. The number of benzene rings is 3. The lowest BCUT2D eigenvalue weighted by Crippen LogP contribution is -2.26. The Morgan fingerprint density at radius 1 is 0.765 bits per heavy atom. The van der Waals surface area contributed by atoms with Gasteiger partial charge in [-0.05, 0) is 35.9 Å². The Labute approximate surface area is 193 Å². The molecule has 2 amide bonds. The second-order valence-corrected chi connectivity index (χ2v) is 6.79. The fraction of sp³-hybridized carbons (Fsp3) is 0.0435. The molecule has 172 valence electrons. The highest BCUT2D eigenvalue weighted by Gasteiger charge is 2.24. The van der Waals surface area contributed by atoms with E-state index in [1.165, 1.54) is 61.7 Å². The summed E-state index contributed by atoms with van der Waals surface area (Å²) in [6, 6.07) is 17.3. The summed E-state index contributed by atoms with van der Waals surface area (Å²) in [6.45, 7) is 0. The molecule has 0 saturated carbocycles. The molecule has 3 rings (SSSR count). The third kappa shape index (κ3) is 5.59. The minimum atomic E-state index is -0.943. The molecule has 11 heteroatoms. The SMILES string of the molecule is COc1ccc(C=C(C(=O)Nc2ccccc2[N+](=O)[O-])C(=O)Nc2ccccc2[N+](=O)[O-])cc1. The van der Waals surface area contributed by atoms with Crippen LogP contribution < -0.4 is 15.4 Å². The number of anilines is 2. The molecule has 0 aromatic heterocycles. The number of ether oxygens (including phenoxy) is 1. The Morgan fingerprint density at radius 3 is 1.62 bits per heavy atom. The topological polar surface area (TPSA) is 154 Å². The highest BCUT2D eigenvalue weighted by Crippen LogP contribution is 2.26. The van der Waals surface area contributed by atoms with Gasteiger partial charge >= 0.3 is 0 Å². The molecule has 0 fully saturated rings. The molecular formula is C23H18N4O7. The van der Waals surface area contributed by atoms with Gasteiger partial charge in [0.25, 0.3) is 23.2 Å². The number of hydrogen-bond donors (Lipinski definition) is 2. The lowest BCUT2D eigenvalue weighted by Gasteiger charge is -2.11. The van der Waals surface area contributed by atoms with Crippen LogP contribution in [0.15, 0.2) is 78.4 Å². The molecule has 0 bridgehead atoms. The summed E-state index contributed by atoms with van der Waals surface area (Å²) in [4.78, 5) is 47.3. The van der Waals surface area contributed by atoms with Crippen LogP contribution in [0.3, 0.4) is 0 Å². The molecule has 0 atom stereocenters. The molecule has 0 aliphatic heterocycles. The maximum Gasteiger partial charge on any atom is 0.292 e. The van der Waals surface area contributed by atoms with E-state index in [1.54, 1.807) is 24.3 Å². The van der Waals surface area contributed by atoms with Crippen molar-refractivity contribution >= 4 is 40.6 Å². The zero-order chi connectivity index (χ0) is 24.7. The number of hydrogen-bond acceptors (Lipinski definition) is 7. The predicted molar refractivity (Wildman–Crippen MR) is 124 cm³/mol. The molecule has 0 aliphatic carbocycles. The lowest BCUT2D eigenvalue weighted by atomic mass is 10.1. The Hall–Kier alpha value is -5.06. The summed E-state index contributed by atoms with van der Waals surface area (Å²) in [5.74, 6) is -1.34. The molecule has 11 nitrogen and oxygen atoms in total. The standard InChI is InChI=1S/C23H18N4O7/c1-34-16-12-10-15(11-13-16)14-17(22(28)24-18-6-2-4-8-20(18)26(30)31)23(29)25-19-7-3-5-9-21(19)27(32)33/h2-14H,1H3,(H,24,28)(H,25,29). The smallest absolute Gasteiger partial charge is 0.292 e. The molecule has 0 unspecified atom stereocenters. The number of carbonyl (C=O) groups is 2. The summed E-state index contributed by atoms with van der Waals surface area (Å²) in [7, 11) is 1.48. The van der Waals surface area contributed by atoms with Crippen LogP contribution in [-0.2, 0) is 9.59 Å². The van der Waals surface area contributed by atoms with Crippen molar-refractivity contribution in [3.05, 3.63) is 104 Å². The van der Waals surface area contributed by atoms with Crippen LogP contribution >= 0.6 is 0 Å². The number of nitro benzene ring substituents is 2. The first-order valence-electron chi connectivity index (χ1n) is 9.75. The van der Waals surface area contributed by atoms with E-state index in [0.717, 1.165) is 0 Å². The van der Waals surface area contributed by atoms with Gasteiger partial charge < -0.3 is 15.4 Å². The van der Waals surface area contributed by atoms with Crippen LogP contribution in [0.1, 0.15) is 5.56 Å². The predicted octanol–water partition coefficient (Wildman–Crippen LogP) is 4.17. The summed E-state index contributed by atoms with van der Waals surface area (Å²) in [6.07, 6.45) is 1.26. The van der Waals surface area contributed by atoms with Gasteiger partial charge in [0.15, 0.2) is 0 Å². The normalized spacial score (nSPS) is 10.0. The number of nitrogens with zero attached hydrogens (tertiary/aromatic N) is 2. The highest BCUT2D eigenvalue weighted by molar-refractivity contribution is 6.29. The number of nitrogens with one attached hydrogen (secondary N) is 2. The van der Waals surface area contributed by atoms with Gasteiger partial charge in [0.05, 0.1) is 17.0 Å². The van der Waals surface area contributed by atoms with Crippen molar-refractivity contribution in [1.82, 2.24) is 0 Å². The fourth-order valence-electron chi connectivity index (χ4n) is 2.96. The first kappa shape index (κ1) is 23.6. The molecule has 0 aliphatic rings. The number of methoxy groups -OCH3 is 1. The second kappa shape index (κ2) is 10.5. The van der Waals surface area contributed by atoms with Crippen LogP contribution in [-0.4, -0.2) is 28.8 Å². The van der Waals surface area contributed by atoms with Crippen molar-refractivity contribution in [2.24, 2.45) is 0 Å². The molecule has 0 spiro atoms. The fourth-order valence-corrected chi connectivity index (χ4v) is 2.96. The van der Waals surface area contributed by atoms with Crippen molar-refractivity contribution in [2.75, 3.05) is 17.7 Å². The van der Waals surface area contributed by atoms with Crippen molar-refractivity contribution in [3.63, 3.8) is 0 Å². The van der Waals surface area contributed by atoms with E-state index >= 15 is 0 Å². The van der Waals surface area contributed by atoms with Crippen LogP contribution in [0.25, 0.3) is 6.08 Å². The second-order valence-electron chi connectivity index (χ2n) is 6.79. The number of carbonyl (C=O) groups excluding carboxylic acids is 2. The van der Waals surface area contributed by atoms with Gasteiger partial charge in [-0.15, -0.1) is 0 Å². The Balaban J connectivity index is 1.99. The van der Waals surface area contributed by atoms with E-state index in [2.05, 4.69) is 10.6 Å². The largest absolute Gasteiger partial charge is 0.497 e. The van der Waals surface area contributed by atoms with Crippen molar-refractivity contribution in [1.29, 1.82) is 0 Å². The average Bonchev–Trinajstić information content (AvgIpc) is 2.83. The van der Waals surface area contributed by atoms with E-state index < -0.39 is 27.2 Å². The maximum absolute atomic E-state index is 13.0. The van der Waals surface area contributed by atoms with Crippen LogP contribution in [0.5, 0.6) is 5.75 Å². The quantitative estimate of drug-likeness (QED) is 0.167.